The molecule has 1 saturated heterocycles. The quantitative estimate of drug-likeness (QED) is 0.843. The summed E-state index contributed by atoms with van der Waals surface area (Å²) in [6.45, 7) is 1.82. The number of rotatable bonds is 4. The largest absolute Gasteiger partial charge is 0.350 e. The van der Waals surface area contributed by atoms with Crippen molar-refractivity contribution >= 4 is 39.0 Å². The molecule has 1 aromatic heterocycles. The first-order chi connectivity index (χ1) is 11.8. The van der Waals surface area contributed by atoms with E-state index in [-0.39, 0.29) is 23.5 Å². The second kappa shape index (κ2) is 6.97. The van der Waals surface area contributed by atoms with Crippen LogP contribution in [0.4, 0.5) is 11.6 Å². The molecular weight excluding hydrogens is 364 g/mol. The monoisotopic (exact) mass is 380 g/mol. The summed E-state index contributed by atoms with van der Waals surface area (Å²) in [6.07, 6.45) is 3.32. The van der Waals surface area contributed by atoms with Gasteiger partial charge in [0.2, 0.25) is 5.95 Å². The van der Waals surface area contributed by atoms with E-state index in [0.29, 0.717) is 28.6 Å². The van der Waals surface area contributed by atoms with Crippen molar-refractivity contribution in [2.24, 2.45) is 0 Å². The lowest BCUT2D eigenvalue weighted by molar-refractivity contribution is 0.102. The van der Waals surface area contributed by atoms with Gasteiger partial charge in [0.25, 0.3) is 5.91 Å². The predicted octanol–water partition coefficient (Wildman–Crippen LogP) is 2.29. The zero-order valence-electron chi connectivity index (χ0n) is 13.5. The van der Waals surface area contributed by atoms with E-state index in [9.17, 15) is 13.2 Å². The third-order valence-corrected chi connectivity index (χ3v) is 6.17. The maximum absolute atomic E-state index is 12.3. The second-order valence-corrected chi connectivity index (χ2v) is 8.54. The Morgan fingerprint density at radius 2 is 2.00 bits per heavy atom. The molecule has 1 aromatic carbocycles. The second-order valence-electron chi connectivity index (χ2n) is 5.91. The van der Waals surface area contributed by atoms with Crippen LogP contribution in [-0.2, 0) is 9.84 Å². The molecule has 1 aliphatic rings. The van der Waals surface area contributed by atoms with Crippen molar-refractivity contribution in [1.29, 1.82) is 0 Å². The summed E-state index contributed by atoms with van der Waals surface area (Å²) >= 11 is 6.04. The van der Waals surface area contributed by atoms with Crippen LogP contribution >= 0.6 is 11.6 Å². The molecule has 0 saturated carbocycles. The number of nitrogens with one attached hydrogen (secondary N) is 2. The first-order valence-electron chi connectivity index (χ1n) is 7.69. The summed E-state index contributed by atoms with van der Waals surface area (Å²) < 4.78 is 22.9. The fraction of sp³-hybridized carbons (Fsp3) is 0.312. The Bertz CT molecular complexity index is 900. The van der Waals surface area contributed by atoms with E-state index in [1.165, 1.54) is 12.4 Å². The van der Waals surface area contributed by atoms with Gasteiger partial charge in [0, 0.05) is 29.1 Å². The number of hydrogen-bond donors (Lipinski definition) is 2. The van der Waals surface area contributed by atoms with Gasteiger partial charge in [-0.15, -0.1) is 0 Å². The van der Waals surface area contributed by atoms with E-state index in [4.69, 9.17) is 11.6 Å². The average molecular weight is 381 g/mol. The van der Waals surface area contributed by atoms with Crippen molar-refractivity contribution in [3.05, 3.63) is 46.7 Å². The van der Waals surface area contributed by atoms with Crippen LogP contribution < -0.4 is 10.6 Å². The lowest BCUT2D eigenvalue weighted by Crippen LogP contribution is -2.22. The number of benzene rings is 1. The number of amides is 1. The van der Waals surface area contributed by atoms with Crippen LogP contribution in [0.5, 0.6) is 0 Å². The smallest absolute Gasteiger partial charge is 0.258 e. The summed E-state index contributed by atoms with van der Waals surface area (Å²) in [5, 5.41) is 6.32. The molecule has 1 fully saturated rings. The summed E-state index contributed by atoms with van der Waals surface area (Å²) in [6, 6.07) is 5.07. The van der Waals surface area contributed by atoms with Crippen molar-refractivity contribution in [2.45, 2.75) is 19.4 Å². The number of carbonyl (C=O) groups excluding carboxylic acids is 1. The minimum absolute atomic E-state index is 0.0760. The topological polar surface area (TPSA) is 101 Å². The number of hydrogen-bond acceptors (Lipinski definition) is 6. The summed E-state index contributed by atoms with van der Waals surface area (Å²) in [5.74, 6) is 0.203. The lowest BCUT2D eigenvalue weighted by atomic mass is 10.2. The summed E-state index contributed by atoms with van der Waals surface area (Å²) in [7, 11) is -2.97. The zero-order chi connectivity index (χ0) is 18.0. The predicted molar refractivity (Wildman–Crippen MR) is 96.9 cm³/mol. The molecule has 132 valence electrons. The molecule has 3 rings (SSSR count). The Kier molecular flexibility index (Phi) is 4.91. The van der Waals surface area contributed by atoms with Crippen molar-refractivity contribution in [2.75, 3.05) is 22.1 Å². The minimum atomic E-state index is -2.97. The Labute approximate surface area is 150 Å². The van der Waals surface area contributed by atoms with Crippen LogP contribution in [-0.4, -0.2) is 41.8 Å². The maximum Gasteiger partial charge on any atom is 0.258 e. The number of aromatic nitrogens is 2. The van der Waals surface area contributed by atoms with E-state index in [0.717, 1.165) is 5.56 Å². The SMILES string of the molecule is Cc1c(Cl)cccc1NC(=O)c1cnc(NC2CCS(=O)(=O)C2)nc1. The zero-order valence-corrected chi connectivity index (χ0v) is 15.1. The van der Waals surface area contributed by atoms with Gasteiger partial charge in [-0.05, 0) is 31.0 Å². The maximum atomic E-state index is 12.3. The third-order valence-electron chi connectivity index (χ3n) is 4.00. The molecule has 2 heterocycles. The standard InChI is InChI=1S/C16H17ClN4O3S/c1-10-13(17)3-2-4-14(10)21-15(22)11-7-18-16(19-8-11)20-12-5-6-25(23,24)9-12/h2-4,7-8,12H,5-6,9H2,1H3,(H,21,22)(H,18,19,20). The highest BCUT2D eigenvalue weighted by atomic mass is 35.5. The number of nitrogens with zero attached hydrogens (tertiary/aromatic N) is 2. The molecular formula is C16H17ClN4O3S. The molecule has 0 radical (unpaired) electrons. The van der Waals surface area contributed by atoms with Crippen molar-refractivity contribution in [1.82, 2.24) is 9.97 Å². The molecule has 0 aliphatic carbocycles. The van der Waals surface area contributed by atoms with Crippen molar-refractivity contribution < 1.29 is 13.2 Å². The molecule has 2 aromatic rings. The number of sulfone groups is 1. The normalized spacial score (nSPS) is 18.7. The molecule has 0 bridgehead atoms. The third kappa shape index (κ3) is 4.26. The summed E-state index contributed by atoms with van der Waals surface area (Å²) in [5.41, 5.74) is 1.69. The fourth-order valence-electron chi connectivity index (χ4n) is 2.55. The van der Waals surface area contributed by atoms with E-state index in [2.05, 4.69) is 20.6 Å². The van der Waals surface area contributed by atoms with Gasteiger partial charge in [-0.25, -0.2) is 18.4 Å². The Morgan fingerprint density at radius 1 is 1.28 bits per heavy atom. The summed E-state index contributed by atoms with van der Waals surface area (Å²) in [4.78, 5) is 20.5. The fourth-order valence-corrected chi connectivity index (χ4v) is 4.40. The van der Waals surface area contributed by atoms with Crippen LogP contribution in [0.15, 0.2) is 30.6 Å². The van der Waals surface area contributed by atoms with Gasteiger partial charge < -0.3 is 10.6 Å². The van der Waals surface area contributed by atoms with E-state index in [1.807, 2.05) is 6.92 Å². The van der Waals surface area contributed by atoms with Gasteiger partial charge in [-0.3, -0.25) is 4.79 Å². The van der Waals surface area contributed by atoms with E-state index >= 15 is 0 Å². The average Bonchev–Trinajstić information content (AvgIpc) is 2.91. The Balaban J connectivity index is 1.65. The molecule has 9 heteroatoms. The van der Waals surface area contributed by atoms with E-state index in [1.54, 1.807) is 18.2 Å². The molecule has 1 amide bonds. The Morgan fingerprint density at radius 3 is 2.64 bits per heavy atom. The lowest BCUT2D eigenvalue weighted by Gasteiger charge is -2.11. The highest BCUT2D eigenvalue weighted by Crippen LogP contribution is 2.23. The minimum Gasteiger partial charge on any atom is -0.350 e. The molecule has 1 unspecified atom stereocenters. The van der Waals surface area contributed by atoms with Crippen molar-refractivity contribution in [3.63, 3.8) is 0 Å². The van der Waals surface area contributed by atoms with Crippen molar-refractivity contribution in [3.8, 4) is 0 Å². The van der Waals surface area contributed by atoms with E-state index < -0.39 is 9.84 Å². The van der Waals surface area contributed by atoms with Gasteiger partial charge >= 0.3 is 0 Å². The molecule has 7 nitrogen and oxygen atoms in total. The highest BCUT2D eigenvalue weighted by Gasteiger charge is 2.28. The van der Waals surface area contributed by atoms with Gasteiger partial charge in [-0.1, -0.05) is 17.7 Å². The molecule has 1 aliphatic heterocycles. The highest BCUT2D eigenvalue weighted by molar-refractivity contribution is 7.91. The van der Waals surface area contributed by atoms with Gasteiger partial charge in [0.05, 0.1) is 17.1 Å². The van der Waals surface area contributed by atoms with Crippen LogP contribution in [0.3, 0.4) is 0 Å². The van der Waals surface area contributed by atoms with Crippen LogP contribution in [0.25, 0.3) is 0 Å². The molecule has 0 spiro atoms. The number of halogens is 1. The molecule has 1 atom stereocenters. The molecule has 2 N–H and O–H groups in total. The number of anilines is 2. The molecule has 25 heavy (non-hydrogen) atoms. The first-order valence-corrected chi connectivity index (χ1v) is 9.89. The van der Waals surface area contributed by atoms with Gasteiger partial charge in [0.15, 0.2) is 9.84 Å². The van der Waals surface area contributed by atoms with Crippen LogP contribution in [0.2, 0.25) is 5.02 Å². The van der Waals surface area contributed by atoms with Gasteiger partial charge in [0.1, 0.15) is 0 Å². The van der Waals surface area contributed by atoms with Crippen LogP contribution in [0.1, 0.15) is 22.3 Å². The van der Waals surface area contributed by atoms with Crippen LogP contribution in [0, 0.1) is 6.92 Å². The van der Waals surface area contributed by atoms with Gasteiger partial charge in [-0.2, -0.15) is 0 Å². The Hall–Kier alpha value is -2.19. The number of carbonyl (C=O) groups is 1. The first kappa shape index (κ1) is 17.6.